The lowest BCUT2D eigenvalue weighted by atomic mass is 9.93. The predicted molar refractivity (Wildman–Crippen MR) is 110 cm³/mol. The Kier molecular flexibility index (Phi) is 6.14. The highest BCUT2D eigenvalue weighted by molar-refractivity contribution is 5.81. The number of para-hydroxylation sites is 1. The first-order chi connectivity index (χ1) is 13.5. The molecular weight excluding hydrogens is 352 g/mol. The summed E-state index contributed by atoms with van der Waals surface area (Å²) in [5.41, 5.74) is 3.11. The zero-order valence-electron chi connectivity index (χ0n) is 16.6. The number of fused-ring (bicyclic) bond motifs is 1. The average Bonchev–Trinajstić information content (AvgIpc) is 2.69. The molecule has 1 aliphatic rings. The van der Waals surface area contributed by atoms with Gasteiger partial charge in [-0.2, -0.15) is 0 Å². The topological polar surface area (TPSA) is 49.9 Å². The molecule has 1 heterocycles. The van der Waals surface area contributed by atoms with Crippen LogP contribution < -0.4 is 4.74 Å². The number of ether oxygens (including phenoxy) is 1. The molecule has 2 amide bonds. The number of rotatable bonds is 6. The van der Waals surface area contributed by atoms with E-state index >= 15 is 0 Å². The van der Waals surface area contributed by atoms with Gasteiger partial charge in [0.1, 0.15) is 12.4 Å². The van der Waals surface area contributed by atoms with Crippen molar-refractivity contribution >= 4 is 17.9 Å². The monoisotopic (exact) mass is 378 g/mol. The van der Waals surface area contributed by atoms with Gasteiger partial charge in [0.05, 0.1) is 19.0 Å². The molecule has 0 radical (unpaired) electrons. The molecule has 0 bridgehead atoms. The number of amides is 2. The van der Waals surface area contributed by atoms with Crippen LogP contribution in [-0.4, -0.2) is 41.8 Å². The highest BCUT2D eigenvalue weighted by Crippen LogP contribution is 2.33. The maximum atomic E-state index is 12.8. The maximum Gasteiger partial charge on any atom is 0.224 e. The third kappa shape index (κ3) is 4.42. The molecule has 0 fully saturated rings. The molecule has 0 N–H and O–H groups in total. The van der Waals surface area contributed by atoms with Gasteiger partial charge < -0.3 is 14.5 Å². The zero-order chi connectivity index (χ0) is 20.1. The minimum absolute atomic E-state index is 0.0188. The van der Waals surface area contributed by atoms with Crippen molar-refractivity contribution in [2.24, 2.45) is 0 Å². The molecular formula is C23H26N2O3. The Morgan fingerprint density at radius 3 is 2.57 bits per heavy atom. The Hall–Kier alpha value is -3.08. The molecule has 0 saturated carbocycles. The molecule has 28 heavy (non-hydrogen) atoms. The van der Waals surface area contributed by atoms with Gasteiger partial charge in [-0.1, -0.05) is 42.5 Å². The van der Waals surface area contributed by atoms with Gasteiger partial charge in [-0.15, -0.1) is 0 Å². The fraction of sp³-hybridized carbons (Fsp3) is 0.304. The van der Waals surface area contributed by atoms with Crippen LogP contribution in [0.5, 0.6) is 5.75 Å². The molecule has 0 aliphatic carbocycles. The van der Waals surface area contributed by atoms with Crippen molar-refractivity contribution in [2.75, 3.05) is 20.2 Å². The van der Waals surface area contributed by atoms with Crippen molar-refractivity contribution in [3.05, 3.63) is 71.4 Å². The molecule has 2 aromatic carbocycles. The van der Waals surface area contributed by atoms with Gasteiger partial charge >= 0.3 is 0 Å². The SMILES string of the molecule is CC(=O)N1C=Cc2ccccc2C1CC(=O)N(C)CCOc1ccccc1C. The van der Waals surface area contributed by atoms with Crippen LogP contribution >= 0.6 is 0 Å². The van der Waals surface area contributed by atoms with Crippen molar-refractivity contribution in [3.8, 4) is 5.75 Å². The van der Waals surface area contributed by atoms with Crippen molar-refractivity contribution in [3.63, 3.8) is 0 Å². The van der Waals surface area contributed by atoms with Gasteiger partial charge in [0, 0.05) is 20.2 Å². The van der Waals surface area contributed by atoms with E-state index in [4.69, 9.17) is 4.74 Å². The highest BCUT2D eigenvalue weighted by atomic mass is 16.5. The molecule has 3 rings (SSSR count). The van der Waals surface area contributed by atoms with E-state index in [1.54, 1.807) is 23.0 Å². The van der Waals surface area contributed by atoms with E-state index in [0.29, 0.717) is 13.2 Å². The summed E-state index contributed by atoms with van der Waals surface area (Å²) >= 11 is 0. The number of likely N-dealkylation sites (N-methyl/N-ethyl adjacent to an activating group) is 1. The Bertz CT molecular complexity index is 891. The second-order valence-corrected chi connectivity index (χ2v) is 7.02. The molecule has 2 aromatic rings. The van der Waals surface area contributed by atoms with Crippen LogP contribution in [0.1, 0.15) is 36.1 Å². The largest absolute Gasteiger partial charge is 0.491 e. The second kappa shape index (κ2) is 8.74. The van der Waals surface area contributed by atoms with Gasteiger partial charge in [-0.3, -0.25) is 9.59 Å². The summed E-state index contributed by atoms with van der Waals surface area (Å²) in [5, 5.41) is 0. The minimum Gasteiger partial charge on any atom is -0.491 e. The molecule has 1 atom stereocenters. The van der Waals surface area contributed by atoms with Crippen LogP contribution in [0.4, 0.5) is 0 Å². The quantitative estimate of drug-likeness (QED) is 0.768. The normalized spacial score (nSPS) is 15.1. The number of carbonyl (C=O) groups is 2. The Morgan fingerprint density at radius 1 is 1.11 bits per heavy atom. The zero-order valence-corrected chi connectivity index (χ0v) is 16.6. The van der Waals surface area contributed by atoms with Gasteiger partial charge in [-0.05, 0) is 35.8 Å². The van der Waals surface area contributed by atoms with Crippen LogP contribution in [0.2, 0.25) is 0 Å². The summed E-state index contributed by atoms with van der Waals surface area (Å²) in [4.78, 5) is 28.2. The lowest BCUT2D eigenvalue weighted by molar-refractivity contribution is -0.134. The first kappa shape index (κ1) is 19.7. The Morgan fingerprint density at radius 2 is 1.82 bits per heavy atom. The Labute approximate surface area is 166 Å². The minimum atomic E-state index is -0.286. The van der Waals surface area contributed by atoms with Gasteiger partial charge in [0.2, 0.25) is 11.8 Å². The highest BCUT2D eigenvalue weighted by Gasteiger charge is 2.29. The Balaban J connectivity index is 1.63. The molecule has 0 aromatic heterocycles. The van der Waals surface area contributed by atoms with Crippen LogP contribution in [0.15, 0.2) is 54.7 Å². The molecule has 0 saturated heterocycles. The van der Waals surface area contributed by atoms with Crippen LogP contribution in [-0.2, 0) is 9.59 Å². The lowest BCUT2D eigenvalue weighted by Gasteiger charge is -2.33. The molecule has 5 nitrogen and oxygen atoms in total. The summed E-state index contributed by atoms with van der Waals surface area (Å²) in [5.74, 6) is 0.737. The number of hydrogen-bond donors (Lipinski definition) is 0. The molecule has 1 aliphatic heterocycles. The first-order valence-electron chi connectivity index (χ1n) is 9.46. The maximum absolute atomic E-state index is 12.8. The molecule has 146 valence electrons. The van der Waals surface area contributed by atoms with Crippen molar-refractivity contribution < 1.29 is 14.3 Å². The van der Waals surface area contributed by atoms with Crippen LogP contribution in [0.3, 0.4) is 0 Å². The molecule has 5 heteroatoms. The smallest absolute Gasteiger partial charge is 0.224 e. The predicted octanol–water partition coefficient (Wildman–Crippen LogP) is 3.80. The van der Waals surface area contributed by atoms with Gasteiger partial charge in [0.15, 0.2) is 0 Å². The van der Waals surface area contributed by atoms with E-state index in [2.05, 4.69) is 0 Å². The van der Waals surface area contributed by atoms with E-state index in [0.717, 1.165) is 22.4 Å². The van der Waals surface area contributed by atoms with Gasteiger partial charge in [-0.25, -0.2) is 0 Å². The van der Waals surface area contributed by atoms with Crippen molar-refractivity contribution in [2.45, 2.75) is 26.3 Å². The van der Waals surface area contributed by atoms with E-state index in [1.807, 2.05) is 61.5 Å². The second-order valence-electron chi connectivity index (χ2n) is 7.02. The average molecular weight is 378 g/mol. The van der Waals surface area contributed by atoms with Gasteiger partial charge in [0.25, 0.3) is 0 Å². The number of carbonyl (C=O) groups excluding carboxylic acids is 2. The number of nitrogens with zero attached hydrogens (tertiary/aromatic N) is 2. The van der Waals surface area contributed by atoms with Crippen molar-refractivity contribution in [1.82, 2.24) is 9.80 Å². The molecule has 0 spiro atoms. The third-order valence-electron chi connectivity index (χ3n) is 5.04. The van der Waals surface area contributed by atoms with E-state index in [9.17, 15) is 9.59 Å². The van der Waals surface area contributed by atoms with Crippen LogP contribution in [0, 0.1) is 6.92 Å². The van der Waals surface area contributed by atoms with Crippen LogP contribution in [0.25, 0.3) is 6.08 Å². The van der Waals surface area contributed by atoms with E-state index < -0.39 is 0 Å². The summed E-state index contributed by atoms with van der Waals surface area (Å²) in [6.45, 7) is 4.42. The van der Waals surface area contributed by atoms with E-state index in [-0.39, 0.29) is 24.3 Å². The summed E-state index contributed by atoms with van der Waals surface area (Å²) < 4.78 is 5.79. The third-order valence-corrected chi connectivity index (χ3v) is 5.04. The number of aryl methyl sites for hydroxylation is 1. The number of benzene rings is 2. The summed E-state index contributed by atoms with van der Waals surface area (Å²) in [7, 11) is 1.77. The summed E-state index contributed by atoms with van der Waals surface area (Å²) in [6.07, 6.45) is 3.92. The fourth-order valence-electron chi connectivity index (χ4n) is 3.37. The summed E-state index contributed by atoms with van der Waals surface area (Å²) in [6, 6.07) is 15.4. The lowest BCUT2D eigenvalue weighted by Crippen LogP contribution is -2.37. The molecule has 1 unspecified atom stereocenters. The number of hydrogen-bond acceptors (Lipinski definition) is 3. The standard InChI is InChI=1S/C23H26N2O3/c1-17-8-4-7-11-22(17)28-15-14-24(3)23(27)16-21-20-10-6-5-9-19(20)12-13-25(21)18(2)26/h4-13,21H,14-16H2,1-3H3. The fourth-order valence-corrected chi connectivity index (χ4v) is 3.37. The van der Waals surface area contributed by atoms with Crippen molar-refractivity contribution in [1.29, 1.82) is 0 Å². The van der Waals surface area contributed by atoms with E-state index in [1.165, 1.54) is 6.92 Å². The first-order valence-corrected chi connectivity index (χ1v) is 9.46.